The van der Waals surface area contributed by atoms with Gasteiger partial charge in [-0.05, 0) is 68.1 Å². The Labute approximate surface area is 195 Å². The topological polar surface area (TPSA) is 96.3 Å². The molecule has 3 atom stereocenters. The highest BCUT2D eigenvalue weighted by molar-refractivity contribution is 7.92. The lowest BCUT2D eigenvalue weighted by Crippen LogP contribution is -2.41. The first kappa shape index (κ1) is 23.5. The molecule has 2 saturated carbocycles. The van der Waals surface area contributed by atoms with Crippen LogP contribution in [-0.2, 0) is 14.6 Å². The fourth-order valence-corrected chi connectivity index (χ4v) is 6.57. The van der Waals surface area contributed by atoms with Crippen molar-refractivity contribution in [3.63, 3.8) is 0 Å². The number of benzene rings is 2. The molecule has 4 rings (SSSR count). The van der Waals surface area contributed by atoms with E-state index in [0.29, 0.717) is 18.6 Å². The van der Waals surface area contributed by atoms with E-state index in [1.54, 1.807) is 0 Å². The standard InChI is InChI=1S/C23H21ClF2N2O4S/c24-20-10-16(26)3-6-21(20)33(30,31)18-9-14(12-32-17-4-1-15(25)2-5-17)19(11-18)22(29)28-23(13-27)7-8-23/h1-6,10,14,18-19H,7-9,11-12H2,(H,28,29). The average molecular weight is 495 g/mol. The van der Waals surface area contributed by atoms with Crippen LogP contribution in [0.2, 0.25) is 5.02 Å². The SMILES string of the molecule is N#CC1(NC(=O)C2CC(S(=O)(=O)c3ccc(F)cc3Cl)CC2COc2ccc(F)cc2)CC1. The number of amides is 1. The summed E-state index contributed by atoms with van der Waals surface area (Å²) in [6.45, 7) is 0.0342. The zero-order chi connectivity index (χ0) is 23.8. The molecule has 0 saturated heterocycles. The van der Waals surface area contributed by atoms with Crippen LogP contribution in [0, 0.1) is 34.8 Å². The molecule has 0 radical (unpaired) electrons. The molecular weight excluding hydrogens is 474 g/mol. The summed E-state index contributed by atoms with van der Waals surface area (Å²) < 4.78 is 58.9. The van der Waals surface area contributed by atoms with E-state index in [2.05, 4.69) is 11.4 Å². The van der Waals surface area contributed by atoms with Gasteiger partial charge in [0.15, 0.2) is 9.84 Å². The van der Waals surface area contributed by atoms with Gasteiger partial charge in [0.05, 0.1) is 27.8 Å². The van der Waals surface area contributed by atoms with Crippen LogP contribution >= 0.6 is 11.6 Å². The third-order valence-electron chi connectivity index (χ3n) is 6.23. The second-order valence-electron chi connectivity index (χ2n) is 8.53. The number of ether oxygens (including phenoxy) is 1. The summed E-state index contributed by atoms with van der Waals surface area (Å²) in [5.41, 5.74) is -0.892. The molecule has 1 amide bonds. The van der Waals surface area contributed by atoms with Crippen molar-refractivity contribution in [1.82, 2.24) is 5.32 Å². The summed E-state index contributed by atoms with van der Waals surface area (Å²) in [4.78, 5) is 12.8. The van der Waals surface area contributed by atoms with Crippen molar-refractivity contribution in [2.24, 2.45) is 11.8 Å². The predicted molar refractivity (Wildman–Crippen MR) is 116 cm³/mol. The number of carbonyl (C=O) groups is 1. The van der Waals surface area contributed by atoms with Gasteiger partial charge in [-0.1, -0.05) is 11.6 Å². The van der Waals surface area contributed by atoms with Crippen molar-refractivity contribution in [2.75, 3.05) is 6.61 Å². The third-order valence-corrected chi connectivity index (χ3v) is 8.89. The van der Waals surface area contributed by atoms with Gasteiger partial charge in [-0.15, -0.1) is 0 Å². The Hall–Kier alpha value is -2.70. The fraction of sp³-hybridized carbons (Fsp3) is 0.391. The number of hydrogen-bond donors (Lipinski definition) is 1. The van der Waals surface area contributed by atoms with Crippen LogP contribution < -0.4 is 10.1 Å². The lowest BCUT2D eigenvalue weighted by Gasteiger charge is -2.21. The van der Waals surface area contributed by atoms with E-state index >= 15 is 0 Å². The molecule has 2 aromatic rings. The number of nitrogens with zero attached hydrogens (tertiary/aromatic N) is 1. The van der Waals surface area contributed by atoms with Gasteiger partial charge in [0, 0.05) is 11.8 Å². The smallest absolute Gasteiger partial charge is 0.224 e. The number of carbonyl (C=O) groups excluding carboxylic acids is 1. The van der Waals surface area contributed by atoms with Crippen molar-refractivity contribution in [1.29, 1.82) is 5.26 Å². The lowest BCUT2D eigenvalue weighted by atomic mass is 9.95. The summed E-state index contributed by atoms with van der Waals surface area (Å²) >= 11 is 6.01. The lowest BCUT2D eigenvalue weighted by molar-refractivity contribution is -0.127. The van der Waals surface area contributed by atoms with Crippen molar-refractivity contribution in [3.05, 3.63) is 59.1 Å². The predicted octanol–water partition coefficient (Wildman–Crippen LogP) is 4.04. The zero-order valence-corrected chi connectivity index (χ0v) is 19.0. The van der Waals surface area contributed by atoms with Gasteiger partial charge in [-0.3, -0.25) is 4.79 Å². The molecule has 3 unspecified atom stereocenters. The third kappa shape index (κ3) is 4.97. The summed E-state index contributed by atoms with van der Waals surface area (Å²) in [6, 6.07) is 10.5. The van der Waals surface area contributed by atoms with Crippen LogP contribution in [0.15, 0.2) is 47.4 Å². The van der Waals surface area contributed by atoms with Gasteiger partial charge in [0.25, 0.3) is 0 Å². The van der Waals surface area contributed by atoms with Gasteiger partial charge in [-0.2, -0.15) is 5.26 Å². The van der Waals surface area contributed by atoms with Crippen molar-refractivity contribution in [2.45, 2.75) is 41.4 Å². The normalized spacial score (nSPS) is 23.5. The van der Waals surface area contributed by atoms with Crippen molar-refractivity contribution < 1.29 is 26.7 Å². The largest absolute Gasteiger partial charge is 0.493 e. The molecular formula is C23H21ClF2N2O4S. The minimum Gasteiger partial charge on any atom is -0.493 e. The molecule has 33 heavy (non-hydrogen) atoms. The van der Waals surface area contributed by atoms with Crippen LogP contribution in [0.25, 0.3) is 0 Å². The number of hydrogen-bond acceptors (Lipinski definition) is 5. The Morgan fingerprint density at radius 1 is 1.15 bits per heavy atom. The van der Waals surface area contributed by atoms with Crippen LogP contribution in [0.4, 0.5) is 8.78 Å². The number of nitrogens with one attached hydrogen (secondary N) is 1. The van der Waals surface area contributed by atoms with Gasteiger partial charge in [0.1, 0.15) is 22.9 Å². The van der Waals surface area contributed by atoms with Crippen molar-refractivity contribution >= 4 is 27.3 Å². The minimum atomic E-state index is -3.96. The highest BCUT2D eigenvalue weighted by Gasteiger charge is 2.50. The van der Waals surface area contributed by atoms with Crippen LogP contribution in [-0.4, -0.2) is 31.7 Å². The zero-order valence-electron chi connectivity index (χ0n) is 17.4. The second kappa shape index (κ2) is 8.92. The second-order valence-corrected chi connectivity index (χ2v) is 11.1. The van der Waals surface area contributed by atoms with Gasteiger partial charge >= 0.3 is 0 Å². The highest BCUT2D eigenvalue weighted by atomic mass is 35.5. The van der Waals surface area contributed by atoms with E-state index in [1.165, 1.54) is 24.3 Å². The van der Waals surface area contributed by atoms with Crippen LogP contribution in [0.1, 0.15) is 25.7 Å². The molecule has 174 valence electrons. The number of sulfone groups is 1. The Morgan fingerprint density at radius 3 is 2.42 bits per heavy atom. The Kier molecular flexibility index (Phi) is 6.34. The Balaban J connectivity index is 1.56. The van der Waals surface area contributed by atoms with Gasteiger partial charge < -0.3 is 10.1 Å². The van der Waals surface area contributed by atoms with Gasteiger partial charge in [0.2, 0.25) is 5.91 Å². The quantitative estimate of drug-likeness (QED) is 0.586. The maximum Gasteiger partial charge on any atom is 0.224 e. The molecule has 2 fully saturated rings. The maximum absolute atomic E-state index is 13.4. The number of nitriles is 1. The maximum atomic E-state index is 13.4. The highest BCUT2D eigenvalue weighted by Crippen LogP contribution is 2.42. The summed E-state index contributed by atoms with van der Waals surface area (Å²) in [6.07, 6.45) is 1.23. The Bertz CT molecular complexity index is 1210. The molecule has 0 spiro atoms. The van der Waals surface area contributed by atoms with Crippen molar-refractivity contribution in [3.8, 4) is 11.8 Å². The molecule has 0 aromatic heterocycles. The first-order valence-corrected chi connectivity index (χ1v) is 12.4. The van der Waals surface area contributed by atoms with E-state index in [-0.39, 0.29) is 29.4 Å². The molecule has 2 aliphatic carbocycles. The molecule has 2 aromatic carbocycles. The molecule has 0 aliphatic heterocycles. The monoisotopic (exact) mass is 494 g/mol. The first-order valence-electron chi connectivity index (χ1n) is 10.4. The van der Waals surface area contributed by atoms with E-state index in [9.17, 15) is 27.3 Å². The van der Waals surface area contributed by atoms with Gasteiger partial charge in [-0.25, -0.2) is 17.2 Å². The Morgan fingerprint density at radius 2 is 1.82 bits per heavy atom. The van der Waals surface area contributed by atoms with E-state index < -0.39 is 50.0 Å². The fourth-order valence-electron chi connectivity index (χ4n) is 4.17. The van der Waals surface area contributed by atoms with E-state index in [0.717, 1.165) is 18.2 Å². The average Bonchev–Trinajstić information content (AvgIpc) is 3.40. The molecule has 2 aliphatic rings. The molecule has 6 nitrogen and oxygen atoms in total. The first-order chi connectivity index (χ1) is 15.6. The van der Waals surface area contributed by atoms with Crippen LogP contribution in [0.5, 0.6) is 5.75 Å². The summed E-state index contributed by atoms with van der Waals surface area (Å²) in [5, 5.41) is 10.9. The minimum absolute atomic E-state index is 0.0147. The van der Waals surface area contributed by atoms with E-state index in [4.69, 9.17) is 16.3 Å². The summed E-state index contributed by atoms with van der Waals surface area (Å²) in [5.74, 6) is -2.27. The number of rotatable bonds is 7. The molecule has 0 heterocycles. The number of halogens is 3. The molecule has 10 heteroatoms. The molecule has 1 N–H and O–H groups in total. The summed E-state index contributed by atoms with van der Waals surface area (Å²) in [7, 11) is -3.96. The van der Waals surface area contributed by atoms with E-state index in [1.807, 2.05) is 0 Å². The van der Waals surface area contributed by atoms with Crippen LogP contribution in [0.3, 0.4) is 0 Å². The molecule has 0 bridgehead atoms.